The summed E-state index contributed by atoms with van der Waals surface area (Å²) in [5, 5.41) is 5.66. The predicted octanol–water partition coefficient (Wildman–Crippen LogP) is 3.98. The zero-order valence-corrected chi connectivity index (χ0v) is 12.4. The second-order valence-electron chi connectivity index (χ2n) is 3.58. The summed E-state index contributed by atoms with van der Waals surface area (Å²) in [5.41, 5.74) is 0. The van der Waals surface area contributed by atoms with Crippen molar-refractivity contribution in [3.05, 3.63) is 20.8 Å². The van der Waals surface area contributed by atoms with Crippen molar-refractivity contribution in [2.24, 2.45) is 0 Å². The van der Waals surface area contributed by atoms with Crippen molar-refractivity contribution in [2.45, 2.75) is 32.7 Å². The third-order valence-corrected chi connectivity index (χ3v) is 4.38. The zero-order chi connectivity index (χ0) is 11.8. The van der Waals surface area contributed by atoms with Crippen LogP contribution in [0.3, 0.4) is 0 Å². The van der Waals surface area contributed by atoms with E-state index in [0.717, 1.165) is 32.6 Å². The third-order valence-electron chi connectivity index (χ3n) is 2.40. The lowest BCUT2D eigenvalue weighted by Crippen LogP contribution is -2.20. The Hall–Kier alpha value is 0.100. The van der Waals surface area contributed by atoms with E-state index in [2.05, 4.69) is 39.6 Å². The van der Waals surface area contributed by atoms with Gasteiger partial charge in [0.05, 0.1) is 0 Å². The third kappa shape index (κ3) is 4.53. The molecule has 1 aromatic rings. The molecule has 1 unspecified atom stereocenters. The number of hydrogen-bond acceptors (Lipinski definition) is 3. The molecule has 0 radical (unpaired) electrons. The van der Waals surface area contributed by atoms with Crippen molar-refractivity contribution in [3.63, 3.8) is 0 Å². The number of rotatable bonds is 8. The Kier molecular flexibility index (Phi) is 7.28. The van der Waals surface area contributed by atoms with E-state index < -0.39 is 0 Å². The minimum Gasteiger partial charge on any atom is -0.382 e. The normalized spacial score (nSPS) is 12.9. The molecular formula is C12H20BrNOS. The Balaban J connectivity index is 2.45. The smallest absolute Gasteiger partial charge is 0.0466 e. The van der Waals surface area contributed by atoms with E-state index in [1.807, 2.05) is 18.3 Å². The average Bonchev–Trinajstić information content (AvgIpc) is 2.69. The number of ether oxygens (including phenoxy) is 1. The van der Waals surface area contributed by atoms with Gasteiger partial charge in [-0.15, -0.1) is 11.3 Å². The van der Waals surface area contributed by atoms with Gasteiger partial charge in [0.25, 0.3) is 0 Å². The highest BCUT2D eigenvalue weighted by Gasteiger charge is 2.14. The first-order valence-corrected chi connectivity index (χ1v) is 7.50. The molecule has 0 aliphatic heterocycles. The topological polar surface area (TPSA) is 21.3 Å². The molecule has 0 aliphatic carbocycles. The van der Waals surface area contributed by atoms with Crippen LogP contribution in [0.25, 0.3) is 0 Å². The second kappa shape index (κ2) is 8.23. The van der Waals surface area contributed by atoms with Gasteiger partial charge in [0.15, 0.2) is 0 Å². The fourth-order valence-electron chi connectivity index (χ4n) is 1.66. The molecule has 1 N–H and O–H groups in total. The summed E-state index contributed by atoms with van der Waals surface area (Å²) in [7, 11) is 0. The second-order valence-corrected chi connectivity index (χ2v) is 5.38. The van der Waals surface area contributed by atoms with Crippen molar-refractivity contribution >= 4 is 27.3 Å². The van der Waals surface area contributed by atoms with E-state index in [-0.39, 0.29) is 0 Å². The maximum atomic E-state index is 5.37. The van der Waals surface area contributed by atoms with Crippen molar-refractivity contribution in [2.75, 3.05) is 19.8 Å². The van der Waals surface area contributed by atoms with E-state index in [1.165, 1.54) is 9.35 Å². The van der Waals surface area contributed by atoms with Gasteiger partial charge in [-0.2, -0.15) is 0 Å². The van der Waals surface area contributed by atoms with E-state index in [0.29, 0.717) is 6.04 Å². The van der Waals surface area contributed by atoms with Gasteiger partial charge in [-0.05, 0) is 53.7 Å². The first-order chi connectivity index (χ1) is 7.79. The van der Waals surface area contributed by atoms with Crippen LogP contribution in [-0.2, 0) is 4.74 Å². The Morgan fingerprint density at radius 2 is 2.31 bits per heavy atom. The van der Waals surface area contributed by atoms with E-state index >= 15 is 0 Å². The number of nitrogens with one attached hydrogen (secondary N) is 1. The highest BCUT2D eigenvalue weighted by atomic mass is 79.9. The molecule has 0 saturated heterocycles. The van der Waals surface area contributed by atoms with E-state index in [1.54, 1.807) is 0 Å². The molecule has 92 valence electrons. The summed E-state index contributed by atoms with van der Waals surface area (Å²) in [6.07, 6.45) is 2.24. The van der Waals surface area contributed by atoms with Gasteiger partial charge in [-0.3, -0.25) is 0 Å². The highest BCUT2D eigenvalue weighted by Crippen LogP contribution is 2.31. The van der Waals surface area contributed by atoms with Crippen LogP contribution in [0.1, 0.15) is 37.6 Å². The van der Waals surface area contributed by atoms with Gasteiger partial charge in [0, 0.05) is 28.6 Å². The van der Waals surface area contributed by atoms with E-state index in [4.69, 9.17) is 4.74 Å². The maximum absolute atomic E-state index is 5.37. The molecule has 1 atom stereocenters. The van der Waals surface area contributed by atoms with Crippen molar-refractivity contribution in [3.8, 4) is 0 Å². The summed E-state index contributed by atoms with van der Waals surface area (Å²) in [6, 6.07) is 2.58. The molecule has 0 bridgehead atoms. The summed E-state index contributed by atoms with van der Waals surface area (Å²) in [4.78, 5) is 1.40. The average molecular weight is 306 g/mol. The molecular weight excluding hydrogens is 286 g/mol. The summed E-state index contributed by atoms with van der Waals surface area (Å²) < 4.78 is 6.60. The molecule has 4 heteroatoms. The predicted molar refractivity (Wildman–Crippen MR) is 74.2 cm³/mol. The zero-order valence-electron chi connectivity index (χ0n) is 9.96. The van der Waals surface area contributed by atoms with E-state index in [9.17, 15) is 0 Å². The van der Waals surface area contributed by atoms with Gasteiger partial charge in [0.1, 0.15) is 0 Å². The number of halogens is 1. The fraction of sp³-hybridized carbons (Fsp3) is 0.667. The van der Waals surface area contributed by atoms with Crippen molar-refractivity contribution in [1.82, 2.24) is 5.32 Å². The van der Waals surface area contributed by atoms with Crippen LogP contribution in [0.2, 0.25) is 0 Å². The minimum atomic E-state index is 0.458. The first-order valence-electron chi connectivity index (χ1n) is 5.83. The lowest BCUT2D eigenvalue weighted by molar-refractivity contribution is 0.141. The summed E-state index contributed by atoms with van der Waals surface area (Å²) in [5.74, 6) is 0. The fourth-order valence-corrected chi connectivity index (χ4v) is 3.42. The highest BCUT2D eigenvalue weighted by molar-refractivity contribution is 9.10. The van der Waals surface area contributed by atoms with Crippen LogP contribution in [0, 0.1) is 0 Å². The van der Waals surface area contributed by atoms with Gasteiger partial charge >= 0.3 is 0 Å². The molecule has 1 rings (SSSR count). The van der Waals surface area contributed by atoms with Crippen LogP contribution in [0.4, 0.5) is 0 Å². The standard InChI is InChI=1S/C12H20BrNOS/c1-3-14-11(6-5-8-15-4-2)12-10(13)7-9-16-12/h7,9,11,14H,3-6,8H2,1-2H3. The molecule has 0 aromatic carbocycles. The van der Waals surface area contributed by atoms with Crippen molar-refractivity contribution < 1.29 is 4.74 Å². The van der Waals surface area contributed by atoms with Crippen LogP contribution in [-0.4, -0.2) is 19.8 Å². The van der Waals surface area contributed by atoms with Crippen LogP contribution >= 0.6 is 27.3 Å². The summed E-state index contributed by atoms with van der Waals surface area (Å²) in [6.45, 7) is 6.87. The molecule has 0 amide bonds. The lowest BCUT2D eigenvalue weighted by atomic mass is 10.1. The Morgan fingerprint density at radius 1 is 1.50 bits per heavy atom. The lowest BCUT2D eigenvalue weighted by Gasteiger charge is -2.17. The Morgan fingerprint density at radius 3 is 2.88 bits per heavy atom. The molecule has 0 spiro atoms. The van der Waals surface area contributed by atoms with Gasteiger partial charge in [-0.25, -0.2) is 0 Å². The van der Waals surface area contributed by atoms with Gasteiger partial charge in [-0.1, -0.05) is 6.92 Å². The quantitative estimate of drug-likeness (QED) is 0.734. The van der Waals surface area contributed by atoms with Gasteiger partial charge < -0.3 is 10.1 Å². The SMILES string of the molecule is CCNC(CCCOCC)c1sccc1Br. The number of thiophene rings is 1. The van der Waals surface area contributed by atoms with Crippen LogP contribution in [0.5, 0.6) is 0 Å². The molecule has 0 fully saturated rings. The monoisotopic (exact) mass is 305 g/mol. The summed E-state index contributed by atoms with van der Waals surface area (Å²) >= 11 is 5.41. The molecule has 1 aromatic heterocycles. The molecule has 0 saturated carbocycles. The molecule has 2 nitrogen and oxygen atoms in total. The minimum absolute atomic E-state index is 0.458. The molecule has 1 heterocycles. The Bertz CT molecular complexity index is 290. The molecule has 16 heavy (non-hydrogen) atoms. The first kappa shape index (κ1) is 14.2. The molecule has 0 aliphatic rings. The van der Waals surface area contributed by atoms with Crippen LogP contribution in [0.15, 0.2) is 15.9 Å². The Labute approximate surface area is 111 Å². The number of hydrogen-bond donors (Lipinski definition) is 1. The van der Waals surface area contributed by atoms with Crippen molar-refractivity contribution in [1.29, 1.82) is 0 Å². The maximum Gasteiger partial charge on any atom is 0.0466 e. The van der Waals surface area contributed by atoms with Gasteiger partial charge in [0.2, 0.25) is 0 Å². The largest absolute Gasteiger partial charge is 0.382 e. The van der Waals surface area contributed by atoms with Crippen LogP contribution < -0.4 is 5.32 Å².